The van der Waals surface area contributed by atoms with Gasteiger partial charge in [0.05, 0.1) is 12.7 Å². The van der Waals surface area contributed by atoms with E-state index >= 15 is 0 Å². The lowest BCUT2D eigenvalue weighted by Gasteiger charge is -2.31. The molecule has 4 N–H and O–H groups in total. The summed E-state index contributed by atoms with van der Waals surface area (Å²) in [5, 5.41) is 5.70. The van der Waals surface area contributed by atoms with E-state index in [9.17, 15) is 9.59 Å². The summed E-state index contributed by atoms with van der Waals surface area (Å²) < 4.78 is 0. The number of para-hydroxylation sites is 1. The lowest BCUT2D eigenvalue weighted by atomic mass is 10.1. The molecule has 7 heteroatoms. The third-order valence-electron chi connectivity index (χ3n) is 5.61. The molecule has 0 spiro atoms. The maximum Gasteiger partial charge on any atom is 0.278 e. The molecule has 3 rings (SSSR count). The fraction of sp³-hybridized carbons (Fsp3) is 0.409. The molecule has 2 heterocycles. The molecule has 0 bridgehead atoms. The van der Waals surface area contributed by atoms with Crippen LogP contribution in [-0.4, -0.2) is 50.6 Å². The highest BCUT2D eigenvalue weighted by Crippen LogP contribution is 2.18. The van der Waals surface area contributed by atoms with Gasteiger partial charge < -0.3 is 15.5 Å². The Labute approximate surface area is 172 Å². The monoisotopic (exact) mass is 397 g/mol. The third kappa shape index (κ3) is 5.32. The molecule has 0 aliphatic carbocycles. The van der Waals surface area contributed by atoms with E-state index in [4.69, 9.17) is 0 Å². The van der Waals surface area contributed by atoms with E-state index in [1.165, 1.54) is 4.90 Å². The number of benzene rings is 1. The van der Waals surface area contributed by atoms with Crippen molar-refractivity contribution in [3.63, 3.8) is 0 Å². The average molecular weight is 398 g/mol. The van der Waals surface area contributed by atoms with Crippen LogP contribution in [0, 0.1) is 13.8 Å². The molecule has 7 nitrogen and oxygen atoms in total. The molecule has 154 valence electrons. The van der Waals surface area contributed by atoms with Crippen molar-refractivity contribution in [2.45, 2.75) is 26.8 Å². The molecule has 0 saturated carbocycles. The Hall–Kier alpha value is -2.93. The number of quaternary nitrogens is 1. The molecule has 1 atom stereocenters. The molecule has 0 radical (unpaired) electrons. The lowest BCUT2D eigenvalue weighted by Crippen LogP contribution is -3.19. The fourth-order valence-corrected chi connectivity index (χ4v) is 3.75. The number of carbonyl (C=O) groups excluding carboxylic acids is 2. The molecule has 1 aromatic heterocycles. The predicted octanol–water partition coefficient (Wildman–Crippen LogP) is -0.0342. The Morgan fingerprint density at radius 2 is 1.79 bits per heavy atom. The molecule has 1 aromatic carbocycles. The van der Waals surface area contributed by atoms with Crippen LogP contribution in [0.2, 0.25) is 0 Å². The Morgan fingerprint density at radius 1 is 1.10 bits per heavy atom. The molecule has 1 fully saturated rings. The third-order valence-corrected chi connectivity index (χ3v) is 5.61. The van der Waals surface area contributed by atoms with Gasteiger partial charge in [-0.1, -0.05) is 24.3 Å². The first-order chi connectivity index (χ1) is 14.0. The summed E-state index contributed by atoms with van der Waals surface area (Å²) in [4.78, 5) is 31.6. The smallest absolute Gasteiger partial charge is 0.278 e. The van der Waals surface area contributed by atoms with Crippen molar-refractivity contribution in [3.8, 4) is 0 Å². The van der Waals surface area contributed by atoms with E-state index in [0.717, 1.165) is 48.8 Å². The van der Waals surface area contributed by atoms with E-state index in [0.29, 0.717) is 0 Å². The van der Waals surface area contributed by atoms with Gasteiger partial charge in [0.25, 0.3) is 11.7 Å². The van der Waals surface area contributed by atoms with E-state index in [1.807, 2.05) is 57.3 Å². The number of nitrogens with one attached hydrogen (secondary N) is 4. The Morgan fingerprint density at radius 3 is 2.41 bits per heavy atom. The Balaban J connectivity index is 1.45. The summed E-state index contributed by atoms with van der Waals surface area (Å²) in [6.07, 6.45) is 1.92. The minimum absolute atomic E-state index is 0.0185. The highest BCUT2D eigenvalue weighted by atomic mass is 16.2. The summed E-state index contributed by atoms with van der Waals surface area (Å²) in [6.45, 7) is 9.37. The second-order valence-corrected chi connectivity index (χ2v) is 7.65. The minimum atomic E-state index is -0.206. The fourth-order valence-electron chi connectivity index (χ4n) is 3.75. The van der Waals surface area contributed by atoms with Crippen LogP contribution < -0.4 is 25.4 Å². The number of aromatic nitrogens is 1. The standard InChI is InChI=1S/C22H29N5O2/c1-16-7-6-8-17(2)21(16)25-20(28)15-24-22(29)18(3)26-11-13-27(14-12-26)19-9-4-5-10-23-19/h4-10,18H,11-15H2,1-3H3,(H,24,29)(H,25,28)/p+2/t18-/m1/s1. The number of aryl methyl sites for hydroxylation is 2. The highest BCUT2D eigenvalue weighted by molar-refractivity contribution is 5.96. The Bertz CT molecular complexity index is 827. The van der Waals surface area contributed by atoms with Gasteiger partial charge in [-0.25, -0.2) is 4.98 Å². The van der Waals surface area contributed by atoms with Gasteiger partial charge in [-0.3, -0.25) is 14.5 Å². The van der Waals surface area contributed by atoms with Crippen LogP contribution in [0.5, 0.6) is 0 Å². The molecule has 0 unspecified atom stereocenters. The van der Waals surface area contributed by atoms with Gasteiger partial charge in [0.15, 0.2) is 6.04 Å². The number of piperazine rings is 1. The second kappa shape index (κ2) is 9.52. The van der Waals surface area contributed by atoms with Crippen molar-refractivity contribution in [1.29, 1.82) is 0 Å². The first kappa shape index (κ1) is 20.8. The van der Waals surface area contributed by atoms with E-state index in [2.05, 4.69) is 26.6 Å². The molecule has 1 aliphatic heterocycles. The van der Waals surface area contributed by atoms with Gasteiger partial charge in [-0.2, -0.15) is 0 Å². The number of amides is 2. The normalized spacial score (nSPS) is 15.6. The first-order valence-electron chi connectivity index (χ1n) is 10.2. The van der Waals surface area contributed by atoms with Crippen LogP contribution in [0.1, 0.15) is 18.1 Å². The van der Waals surface area contributed by atoms with Crippen LogP contribution in [0.25, 0.3) is 0 Å². The van der Waals surface area contributed by atoms with Gasteiger partial charge in [0.2, 0.25) is 5.91 Å². The maximum atomic E-state index is 12.6. The summed E-state index contributed by atoms with van der Waals surface area (Å²) in [6, 6.07) is 11.7. The molecular weight excluding hydrogens is 366 g/mol. The van der Waals surface area contributed by atoms with Gasteiger partial charge in [-0.05, 0) is 38.0 Å². The molecule has 2 aromatic rings. The maximum absolute atomic E-state index is 12.6. The number of nitrogens with zero attached hydrogens (tertiary/aromatic N) is 1. The number of hydrogen-bond donors (Lipinski definition) is 3. The second-order valence-electron chi connectivity index (χ2n) is 7.65. The SMILES string of the molecule is Cc1cccc(C)c1NC(=O)CNC(=O)[C@@H](C)[NH+]1CCN(c2cccc[nH+]2)CC1. The van der Waals surface area contributed by atoms with E-state index in [1.54, 1.807) is 0 Å². The average Bonchev–Trinajstić information content (AvgIpc) is 2.75. The highest BCUT2D eigenvalue weighted by Gasteiger charge is 2.32. The van der Waals surface area contributed by atoms with E-state index in [-0.39, 0.29) is 24.4 Å². The van der Waals surface area contributed by atoms with Gasteiger partial charge in [0, 0.05) is 11.8 Å². The van der Waals surface area contributed by atoms with Crippen molar-refractivity contribution in [2.75, 3.05) is 42.9 Å². The quantitative estimate of drug-likeness (QED) is 0.640. The van der Waals surface area contributed by atoms with Crippen molar-refractivity contribution in [3.05, 3.63) is 53.7 Å². The van der Waals surface area contributed by atoms with Crippen molar-refractivity contribution in [2.24, 2.45) is 0 Å². The number of H-pyrrole nitrogens is 1. The summed E-state index contributed by atoms with van der Waals surface area (Å²) in [7, 11) is 0. The minimum Gasteiger partial charge on any atom is -0.342 e. The number of carbonyl (C=O) groups is 2. The zero-order chi connectivity index (χ0) is 20.8. The zero-order valence-corrected chi connectivity index (χ0v) is 17.4. The van der Waals surface area contributed by atoms with Crippen molar-refractivity contribution in [1.82, 2.24) is 5.32 Å². The van der Waals surface area contributed by atoms with Crippen molar-refractivity contribution < 1.29 is 19.5 Å². The van der Waals surface area contributed by atoms with E-state index < -0.39 is 0 Å². The van der Waals surface area contributed by atoms with Crippen LogP contribution in [0.3, 0.4) is 0 Å². The van der Waals surface area contributed by atoms with Crippen LogP contribution in [0.15, 0.2) is 42.6 Å². The molecule has 29 heavy (non-hydrogen) atoms. The predicted molar refractivity (Wildman–Crippen MR) is 113 cm³/mol. The van der Waals surface area contributed by atoms with Gasteiger partial charge >= 0.3 is 0 Å². The molecular formula is C22H31N5O2+2. The van der Waals surface area contributed by atoms with Crippen LogP contribution in [-0.2, 0) is 9.59 Å². The topological polar surface area (TPSA) is 80.0 Å². The number of rotatable bonds is 6. The summed E-state index contributed by atoms with van der Waals surface area (Å²) >= 11 is 0. The molecule has 1 saturated heterocycles. The van der Waals surface area contributed by atoms with Crippen LogP contribution >= 0.6 is 0 Å². The largest absolute Gasteiger partial charge is 0.342 e. The summed E-state index contributed by atoms with van der Waals surface area (Å²) in [5.41, 5.74) is 2.84. The molecule has 2 amide bonds. The van der Waals surface area contributed by atoms with Crippen LogP contribution in [0.4, 0.5) is 11.5 Å². The first-order valence-corrected chi connectivity index (χ1v) is 10.2. The number of hydrogen-bond acceptors (Lipinski definition) is 3. The number of aromatic amines is 1. The number of anilines is 2. The zero-order valence-electron chi connectivity index (χ0n) is 17.4. The lowest BCUT2D eigenvalue weighted by molar-refractivity contribution is -0.914. The van der Waals surface area contributed by atoms with Gasteiger partial charge in [-0.15, -0.1) is 0 Å². The Kier molecular flexibility index (Phi) is 6.82. The molecule has 1 aliphatic rings. The number of pyridine rings is 1. The van der Waals surface area contributed by atoms with Gasteiger partial charge in [0.1, 0.15) is 26.2 Å². The summed E-state index contributed by atoms with van der Waals surface area (Å²) in [5.74, 6) is 0.811. The van der Waals surface area contributed by atoms with Crippen molar-refractivity contribution >= 4 is 23.3 Å².